The molecule has 0 aliphatic carbocycles. The summed E-state index contributed by atoms with van der Waals surface area (Å²) in [4.78, 5) is 19.6. The van der Waals surface area contributed by atoms with E-state index in [-0.39, 0.29) is 5.78 Å². The summed E-state index contributed by atoms with van der Waals surface area (Å²) in [5.74, 6) is 0.469. The zero-order valence-electron chi connectivity index (χ0n) is 16.3. The van der Waals surface area contributed by atoms with Crippen molar-refractivity contribution in [3.8, 4) is 11.1 Å². The summed E-state index contributed by atoms with van der Waals surface area (Å²) in [7, 11) is 0. The Morgan fingerprint density at radius 3 is 2.39 bits per heavy atom. The van der Waals surface area contributed by atoms with E-state index in [1.54, 1.807) is 30.4 Å². The lowest BCUT2D eigenvalue weighted by Gasteiger charge is -2.09. The number of carbonyl (C=O) groups is 1. The number of halogens is 4. The molecule has 0 saturated heterocycles. The van der Waals surface area contributed by atoms with Gasteiger partial charge in [-0.3, -0.25) is 4.79 Å². The second-order valence-electron chi connectivity index (χ2n) is 7.03. The number of nitrogens with one attached hydrogen (secondary N) is 1. The predicted molar refractivity (Wildman–Crippen MR) is 117 cm³/mol. The van der Waals surface area contributed by atoms with E-state index in [4.69, 9.17) is 11.6 Å². The van der Waals surface area contributed by atoms with Gasteiger partial charge in [0.1, 0.15) is 5.82 Å². The number of aromatic amines is 1. The molecule has 1 aromatic heterocycles. The molecule has 1 N–H and O–H groups in total. The maximum Gasteiger partial charge on any atom is 0.416 e. The Labute approximate surface area is 181 Å². The molecule has 3 aromatic carbocycles. The fraction of sp³-hybridized carbons (Fsp3) is 0.0833. The van der Waals surface area contributed by atoms with Crippen LogP contribution in [0.1, 0.15) is 34.2 Å². The monoisotopic (exact) mass is 440 g/mol. The molecule has 3 nitrogen and oxygen atoms in total. The number of alkyl halides is 3. The molecular formula is C24H16ClF3N2O. The lowest BCUT2D eigenvalue weighted by atomic mass is 9.97. The van der Waals surface area contributed by atoms with Crippen LogP contribution in [0.2, 0.25) is 5.02 Å². The molecule has 0 aliphatic heterocycles. The third kappa shape index (κ3) is 4.39. The van der Waals surface area contributed by atoms with Crippen LogP contribution >= 0.6 is 11.6 Å². The Bertz CT molecular complexity index is 1300. The normalized spacial score (nSPS) is 12.0. The van der Waals surface area contributed by atoms with Crippen LogP contribution < -0.4 is 0 Å². The molecule has 0 bridgehead atoms. The van der Waals surface area contributed by atoms with Gasteiger partial charge in [-0.2, -0.15) is 13.2 Å². The summed E-state index contributed by atoms with van der Waals surface area (Å²) in [5, 5.41) is 0.475. The molecule has 1 heterocycles. The minimum Gasteiger partial charge on any atom is -0.338 e. The first-order valence-corrected chi connectivity index (χ1v) is 9.75. The second-order valence-corrected chi connectivity index (χ2v) is 7.43. The second kappa shape index (κ2) is 8.04. The van der Waals surface area contributed by atoms with Gasteiger partial charge in [-0.25, -0.2) is 4.98 Å². The first-order valence-electron chi connectivity index (χ1n) is 9.37. The lowest BCUT2D eigenvalue weighted by Crippen LogP contribution is -2.03. The van der Waals surface area contributed by atoms with Gasteiger partial charge in [0.05, 0.1) is 21.6 Å². The molecule has 156 valence electrons. The number of aromatic nitrogens is 2. The number of ketones is 1. The van der Waals surface area contributed by atoms with Gasteiger partial charge in [0.25, 0.3) is 0 Å². The van der Waals surface area contributed by atoms with E-state index in [1.807, 2.05) is 18.2 Å². The summed E-state index contributed by atoms with van der Waals surface area (Å²) in [6, 6.07) is 15.6. The van der Waals surface area contributed by atoms with Crippen LogP contribution in [0.3, 0.4) is 0 Å². The summed E-state index contributed by atoms with van der Waals surface area (Å²) in [5.41, 5.74) is 3.29. The number of nitrogens with zero attached hydrogens (tertiary/aromatic N) is 1. The van der Waals surface area contributed by atoms with E-state index >= 15 is 0 Å². The number of H-pyrrole nitrogens is 1. The maximum absolute atomic E-state index is 12.7. The van der Waals surface area contributed by atoms with Gasteiger partial charge in [-0.1, -0.05) is 54.1 Å². The van der Waals surface area contributed by atoms with Crippen molar-refractivity contribution in [2.24, 2.45) is 0 Å². The molecule has 4 rings (SSSR count). The smallest absolute Gasteiger partial charge is 0.338 e. The Morgan fingerprint density at radius 1 is 1.00 bits per heavy atom. The SMILES string of the molecule is CC(=O)c1ccccc1-c1cc2nc(C=Cc3ccc(C(F)(F)F)cc3)[nH]c2cc1Cl. The first-order chi connectivity index (χ1) is 14.7. The number of rotatable bonds is 4. The van der Waals surface area contributed by atoms with Gasteiger partial charge >= 0.3 is 6.18 Å². The van der Waals surface area contributed by atoms with Gasteiger partial charge in [0.15, 0.2) is 5.78 Å². The third-order valence-electron chi connectivity index (χ3n) is 4.86. The van der Waals surface area contributed by atoms with Crippen molar-refractivity contribution in [3.63, 3.8) is 0 Å². The first kappa shape index (κ1) is 20.9. The van der Waals surface area contributed by atoms with Gasteiger partial charge in [0.2, 0.25) is 0 Å². The van der Waals surface area contributed by atoms with E-state index in [1.165, 1.54) is 19.1 Å². The molecule has 0 atom stereocenters. The average Bonchev–Trinajstić information content (AvgIpc) is 3.13. The van der Waals surface area contributed by atoms with E-state index in [9.17, 15) is 18.0 Å². The third-order valence-corrected chi connectivity index (χ3v) is 5.17. The Balaban J connectivity index is 1.67. The van der Waals surface area contributed by atoms with Crippen LogP contribution in [0.4, 0.5) is 13.2 Å². The van der Waals surface area contributed by atoms with E-state index in [0.29, 0.717) is 38.6 Å². The highest BCUT2D eigenvalue weighted by Gasteiger charge is 2.29. The fourth-order valence-corrected chi connectivity index (χ4v) is 3.58. The van der Waals surface area contributed by atoms with Crippen molar-refractivity contribution in [3.05, 3.63) is 88.2 Å². The highest BCUT2D eigenvalue weighted by molar-refractivity contribution is 6.34. The summed E-state index contributed by atoms with van der Waals surface area (Å²) >= 11 is 6.48. The number of benzene rings is 3. The van der Waals surface area contributed by atoms with E-state index < -0.39 is 11.7 Å². The van der Waals surface area contributed by atoms with Crippen molar-refractivity contribution < 1.29 is 18.0 Å². The minimum atomic E-state index is -4.36. The predicted octanol–water partition coefficient (Wildman–Crippen LogP) is 7.28. The highest BCUT2D eigenvalue weighted by atomic mass is 35.5. The highest BCUT2D eigenvalue weighted by Crippen LogP contribution is 2.34. The quantitative estimate of drug-likeness (QED) is 0.339. The van der Waals surface area contributed by atoms with Crippen molar-refractivity contribution in [2.75, 3.05) is 0 Å². The number of Topliss-reactive ketones (excluding diaryl/α,β-unsaturated/α-hetero) is 1. The van der Waals surface area contributed by atoms with Crippen molar-refractivity contribution in [1.82, 2.24) is 9.97 Å². The van der Waals surface area contributed by atoms with Gasteiger partial charge in [0, 0.05) is 11.1 Å². The number of hydrogen-bond donors (Lipinski definition) is 1. The Kier molecular flexibility index (Phi) is 5.41. The Hall–Kier alpha value is -3.38. The number of carbonyl (C=O) groups excluding carboxylic acids is 1. The van der Waals surface area contributed by atoms with E-state index in [2.05, 4.69) is 9.97 Å². The molecule has 4 aromatic rings. The summed E-state index contributed by atoms with van der Waals surface area (Å²) in [6.07, 6.45) is -1.01. The number of hydrogen-bond acceptors (Lipinski definition) is 2. The summed E-state index contributed by atoms with van der Waals surface area (Å²) in [6.45, 7) is 1.50. The van der Waals surface area contributed by atoms with E-state index in [0.717, 1.165) is 17.7 Å². The molecule has 31 heavy (non-hydrogen) atoms. The molecular weight excluding hydrogens is 425 g/mol. The van der Waals surface area contributed by atoms with Gasteiger partial charge < -0.3 is 4.98 Å². The molecule has 0 radical (unpaired) electrons. The zero-order valence-corrected chi connectivity index (χ0v) is 17.1. The molecule has 0 saturated carbocycles. The van der Waals surface area contributed by atoms with Gasteiger partial charge in [-0.05, 0) is 48.4 Å². The standard InChI is InChI=1S/C24H16ClF3N2O/c1-14(31)17-4-2-3-5-18(17)19-12-21-22(13-20(19)25)30-23(29-21)11-8-15-6-9-16(10-7-15)24(26,27)28/h2-13H,1H3,(H,29,30). The Morgan fingerprint density at radius 2 is 1.71 bits per heavy atom. The average molecular weight is 441 g/mol. The number of fused-ring (bicyclic) bond motifs is 1. The van der Waals surface area contributed by atoms with Gasteiger partial charge in [-0.15, -0.1) is 0 Å². The molecule has 0 fully saturated rings. The van der Waals surface area contributed by atoms with Crippen molar-refractivity contribution in [1.29, 1.82) is 0 Å². The van der Waals surface area contributed by atoms with Crippen LogP contribution in [-0.2, 0) is 6.18 Å². The molecule has 0 spiro atoms. The number of imidazole rings is 1. The largest absolute Gasteiger partial charge is 0.416 e. The molecule has 0 aliphatic rings. The summed E-state index contributed by atoms with van der Waals surface area (Å²) < 4.78 is 38.0. The van der Waals surface area contributed by atoms with Crippen LogP contribution in [-0.4, -0.2) is 15.8 Å². The van der Waals surface area contributed by atoms with Crippen LogP contribution in [0.15, 0.2) is 60.7 Å². The van der Waals surface area contributed by atoms with Crippen LogP contribution in [0.5, 0.6) is 0 Å². The topological polar surface area (TPSA) is 45.8 Å². The molecule has 7 heteroatoms. The van der Waals surface area contributed by atoms with Crippen molar-refractivity contribution >= 4 is 40.6 Å². The molecule has 0 amide bonds. The van der Waals surface area contributed by atoms with Crippen LogP contribution in [0, 0.1) is 0 Å². The molecule has 0 unspecified atom stereocenters. The fourth-order valence-electron chi connectivity index (χ4n) is 3.32. The minimum absolute atomic E-state index is 0.0612. The van der Waals surface area contributed by atoms with Crippen LogP contribution in [0.25, 0.3) is 34.3 Å². The maximum atomic E-state index is 12.7. The zero-order chi connectivity index (χ0) is 22.2. The lowest BCUT2D eigenvalue weighted by molar-refractivity contribution is -0.137. The van der Waals surface area contributed by atoms with Crippen molar-refractivity contribution in [2.45, 2.75) is 13.1 Å².